The van der Waals surface area contributed by atoms with E-state index in [0.29, 0.717) is 19.1 Å². The Balaban J connectivity index is 0.000000562. The van der Waals surface area contributed by atoms with Gasteiger partial charge in [0.05, 0.1) is 29.6 Å². The van der Waals surface area contributed by atoms with Crippen molar-refractivity contribution in [2.45, 2.75) is 147 Å². The molecule has 1 aliphatic rings. The van der Waals surface area contributed by atoms with Crippen molar-refractivity contribution in [1.82, 2.24) is 0 Å². The highest BCUT2D eigenvalue weighted by molar-refractivity contribution is 7.85. The van der Waals surface area contributed by atoms with Crippen LogP contribution in [0.25, 0.3) is 0 Å². The van der Waals surface area contributed by atoms with Crippen molar-refractivity contribution in [3.05, 3.63) is 46.9 Å². The minimum absolute atomic E-state index is 0.0363. The van der Waals surface area contributed by atoms with E-state index in [-0.39, 0.29) is 11.0 Å². The molecule has 0 bridgehead atoms. The summed E-state index contributed by atoms with van der Waals surface area (Å²) in [6.07, 6.45) is 25.2. The van der Waals surface area contributed by atoms with Gasteiger partial charge in [-0.25, -0.2) is 13.2 Å². The van der Waals surface area contributed by atoms with Crippen LogP contribution in [0.5, 0.6) is 0 Å². The minimum Gasteiger partial charge on any atom is -0.744 e. The Bertz CT molecular complexity index is 1120. The van der Waals surface area contributed by atoms with E-state index in [1.54, 1.807) is 23.5 Å². The van der Waals surface area contributed by atoms with E-state index in [9.17, 15) is 17.8 Å². The Kier molecular flexibility index (Phi) is 21.9. The van der Waals surface area contributed by atoms with Crippen molar-refractivity contribution in [2.24, 2.45) is 5.92 Å². The summed E-state index contributed by atoms with van der Waals surface area (Å²) >= 11 is 1.68. The topological polar surface area (TPSA) is 106 Å². The molecule has 1 aromatic carbocycles. The molecule has 0 amide bonds. The predicted octanol–water partition coefficient (Wildman–Crippen LogP) is 9.14. The van der Waals surface area contributed by atoms with Gasteiger partial charge in [-0.15, -0.1) is 0 Å². The Labute approximate surface area is 283 Å². The van der Waals surface area contributed by atoms with Gasteiger partial charge < -0.3 is 18.8 Å². The standard InChI is InChI=1S/C29H52NO4S.C7H8O3S/c1-2-3-4-5-6-7-8-9-10-11-12-13-14-15-18-27-23-28(33-24-27)25-34-29(31)32-21-17-16-19-30-20-22-35-26-30;1-6-2-4-7(5-3-6)11(8,9)10/h20,22,26-28H,2-19,21,23-25H2,1H3;2-5H,1H3,(H,8,9,10)/q+1;/p-1/t27-,28+;/m0./s1. The molecule has 0 unspecified atom stereocenters. The molecule has 8 nitrogen and oxygen atoms in total. The number of carbonyl (C=O) groups is 1. The SMILES string of the molecule is CCCCCCCCCCCCCCCC[C@@H]1CO[C@@H](COC(=O)OCCCC[n+]2ccsc2)C1.Cc1ccc(S(=O)(=O)[O-])cc1. The maximum Gasteiger partial charge on any atom is 0.508 e. The highest BCUT2D eigenvalue weighted by Gasteiger charge is 2.26. The molecule has 1 fully saturated rings. The molecule has 0 aliphatic carbocycles. The molecule has 10 heteroatoms. The van der Waals surface area contributed by atoms with Crippen molar-refractivity contribution in [1.29, 1.82) is 0 Å². The van der Waals surface area contributed by atoms with Crippen molar-refractivity contribution in [3.8, 4) is 0 Å². The lowest BCUT2D eigenvalue weighted by Gasteiger charge is -2.11. The molecule has 1 saturated heterocycles. The number of carbonyl (C=O) groups excluding carboxylic acids is 1. The first kappa shape index (κ1) is 40.2. The lowest BCUT2D eigenvalue weighted by molar-refractivity contribution is -0.692. The Morgan fingerprint density at radius 1 is 0.891 bits per heavy atom. The molecule has 0 N–H and O–H groups in total. The average Bonchev–Trinajstić information content (AvgIpc) is 3.73. The lowest BCUT2D eigenvalue weighted by atomic mass is 9.97. The first-order valence-corrected chi connectivity index (χ1v) is 20.0. The van der Waals surface area contributed by atoms with Gasteiger partial charge in [0.15, 0.2) is 6.20 Å². The van der Waals surface area contributed by atoms with Crippen LogP contribution in [0.1, 0.15) is 128 Å². The normalized spacial score (nSPS) is 16.2. The zero-order valence-electron chi connectivity index (χ0n) is 28.4. The molecular formula is C36H59NO7S2. The first-order valence-electron chi connectivity index (χ1n) is 17.6. The number of hydrogen-bond donors (Lipinski definition) is 0. The summed E-state index contributed by atoms with van der Waals surface area (Å²) in [6, 6.07) is 5.78. The molecule has 0 spiro atoms. The van der Waals surface area contributed by atoms with Crippen LogP contribution in [0.4, 0.5) is 4.79 Å². The highest BCUT2D eigenvalue weighted by Crippen LogP contribution is 2.25. The van der Waals surface area contributed by atoms with E-state index in [4.69, 9.17) is 14.2 Å². The quantitative estimate of drug-likeness (QED) is 0.0498. The summed E-state index contributed by atoms with van der Waals surface area (Å²) in [5.74, 6) is 0.617. The number of unbranched alkanes of at least 4 members (excludes halogenated alkanes) is 14. The third kappa shape index (κ3) is 20.3. The maximum atomic E-state index is 11.8. The molecule has 2 heterocycles. The van der Waals surface area contributed by atoms with Crippen LogP contribution < -0.4 is 4.57 Å². The molecule has 46 heavy (non-hydrogen) atoms. The second-order valence-electron chi connectivity index (χ2n) is 12.6. The van der Waals surface area contributed by atoms with Crippen LogP contribution in [-0.2, 0) is 30.9 Å². The predicted molar refractivity (Wildman–Crippen MR) is 183 cm³/mol. The molecule has 2 aromatic rings. The number of ether oxygens (including phenoxy) is 3. The summed E-state index contributed by atoms with van der Waals surface area (Å²) in [6.45, 7) is 6.60. The first-order chi connectivity index (χ1) is 22.3. The molecule has 1 aromatic heterocycles. The second-order valence-corrected chi connectivity index (χ2v) is 14.7. The lowest BCUT2D eigenvalue weighted by Crippen LogP contribution is -2.29. The smallest absolute Gasteiger partial charge is 0.508 e. The third-order valence-corrected chi connectivity index (χ3v) is 9.91. The number of thiazole rings is 1. The van der Waals surface area contributed by atoms with Crippen LogP contribution in [-0.4, -0.2) is 45.1 Å². The maximum absolute atomic E-state index is 11.8. The fraction of sp³-hybridized carbons (Fsp3) is 0.722. The van der Waals surface area contributed by atoms with Crippen LogP contribution in [0, 0.1) is 12.8 Å². The van der Waals surface area contributed by atoms with Crippen LogP contribution >= 0.6 is 11.3 Å². The molecule has 0 radical (unpaired) electrons. The Hall–Kier alpha value is -2.01. The van der Waals surface area contributed by atoms with E-state index >= 15 is 0 Å². The van der Waals surface area contributed by atoms with Crippen molar-refractivity contribution in [3.63, 3.8) is 0 Å². The van der Waals surface area contributed by atoms with Crippen molar-refractivity contribution < 1.29 is 36.5 Å². The van der Waals surface area contributed by atoms with Crippen molar-refractivity contribution in [2.75, 3.05) is 19.8 Å². The third-order valence-electron chi connectivity index (χ3n) is 8.38. The number of aromatic nitrogens is 1. The minimum atomic E-state index is -4.27. The number of benzene rings is 1. The largest absolute Gasteiger partial charge is 0.744 e. The van der Waals surface area contributed by atoms with Gasteiger partial charge in [0.2, 0.25) is 5.51 Å². The van der Waals surface area contributed by atoms with Gasteiger partial charge >= 0.3 is 6.16 Å². The van der Waals surface area contributed by atoms with Gasteiger partial charge in [0.25, 0.3) is 0 Å². The number of rotatable bonds is 23. The monoisotopic (exact) mass is 681 g/mol. The van der Waals surface area contributed by atoms with E-state index in [1.165, 1.54) is 108 Å². The number of hydrogen-bond acceptors (Lipinski definition) is 8. The van der Waals surface area contributed by atoms with E-state index in [1.807, 2.05) is 6.92 Å². The Morgan fingerprint density at radius 2 is 1.50 bits per heavy atom. The van der Waals surface area contributed by atoms with Gasteiger partial charge in [-0.1, -0.05) is 126 Å². The van der Waals surface area contributed by atoms with Crippen LogP contribution in [0.15, 0.2) is 46.2 Å². The summed E-state index contributed by atoms with van der Waals surface area (Å²) < 4.78 is 49.6. The van der Waals surface area contributed by atoms with E-state index in [0.717, 1.165) is 38.0 Å². The number of aryl methyl sites for hydroxylation is 2. The fourth-order valence-corrected chi connectivity index (χ4v) is 6.67. The molecule has 262 valence electrons. The zero-order valence-corrected chi connectivity index (χ0v) is 30.0. The molecule has 2 atom stereocenters. The summed E-state index contributed by atoms with van der Waals surface area (Å²) in [5, 5.41) is 2.06. The molecule has 0 saturated carbocycles. The van der Waals surface area contributed by atoms with Crippen LogP contribution in [0.3, 0.4) is 0 Å². The fourth-order valence-electron chi connectivity index (χ4n) is 5.57. The summed E-state index contributed by atoms with van der Waals surface area (Å²) in [7, 11) is -4.27. The highest BCUT2D eigenvalue weighted by atomic mass is 32.2. The second kappa shape index (κ2) is 25.1. The summed E-state index contributed by atoms with van der Waals surface area (Å²) in [4.78, 5) is 11.6. The zero-order chi connectivity index (χ0) is 33.3. The van der Waals surface area contributed by atoms with Gasteiger partial charge in [-0.2, -0.15) is 4.57 Å². The van der Waals surface area contributed by atoms with E-state index < -0.39 is 16.3 Å². The van der Waals surface area contributed by atoms with E-state index in [2.05, 4.69) is 28.6 Å². The molecular weight excluding hydrogens is 623 g/mol. The molecule has 1 aliphatic heterocycles. The average molecular weight is 682 g/mol. The van der Waals surface area contributed by atoms with Gasteiger partial charge in [-0.05, 0) is 44.2 Å². The Morgan fingerprint density at radius 3 is 2.07 bits per heavy atom. The molecule has 3 rings (SSSR count). The van der Waals surface area contributed by atoms with Gasteiger partial charge in [-0.3, -0.25) is 0 Å². The van der Waals surface area contributed by atoms with Crippen molar-refractivity contribution >= 4 is 27.6 Å². The van der Waals surface area contributed by atoms with Crippen LogP contribution in [0.2, 0.25) is 0 Å². The summed E-state index contributed by atoms with van der Waals surface area (Å²) in [5.41, 5.74) is 3.01. The van der Waals surface area contributed by atoms with Gasteiger partial charge in [0.1, 0.15) is 23.3 Å². The van der Waals surface area contributed by atoms with Gasteiger partial charge in [0, 0.05) is 6.42 Å². The number of nitrogens with zero attached hydrogens (tertiary/aromatic N) is 1.